The van der Waals surface area contributed by atoms with Crippen LogP contribution in [0.2, 0.25) is 0 Å². The lowest BCUT2D eigenvalue weighted by molar-refractivity contribution is 0.304. The molecule has 5 heteroatoms. The Hall–Kier alpha value is -0.520. The fourth-order valence-corrected chi connectivity index (χ4v) is 3.32. The highest BCUT2D eigenvalue weighted by Crippen LogP contribution is 2.29. The van der Waals surface area contributed by atoms with Crippen LogP contribution >= 0.6 is 43.2 Å². The van der Waals surface area contributed by atoms with Gasteiger partial charge in [-0.3, -0.25) is 0 Å². The van der Waals surface area contributed by atoms with Crippen LogP contribution in [0.15, 0.2) is 34.1 Å². The maximum atomic E-state index is 5.87. The van der Waals surface area contributed by atoms with Crippen molar-refractivity contribution >= 4 is 43.2 Å². The molecule has 0 spiro atoms. The van der Waals surface area contributed by atoms with E-state index in [0.717, 1.165) is 26.9 Å². The maximum Gasteiger partial charge on any atom is 0.127 e. The van der Waals surface area contributed by atoms with Crippen LogP contribution in [0, 0.1) is 0 Å². The Morgan fingerprint density at radius 2 is 2.11 bits per heavy atom. The van der Waals surface area contributed by atoms with E-state index in [1.165, 1.54) is 4.88 Å². The lowest BCUT2D eigenvalue weighted by Crippen LogP contribution is -1.97. The summed E-state index contributed by atoms with van der Waals surface area (Å²) in [7, 11) is 1.66. The Bertz CT molecular complexity index is 525. The van der Waals surface area contributed by atoms with Gasteiger partial charge in [0.2, 0.25) is 0 Å². The number of hydrogen-bond donors (Lipinski definition) is 0. The second-order valence-electron chi connectivity index (χ2n) is 3.59. The third-order valence-electron chi connectivity index (χ3n) is 2.47. The van der Waals surface area contributed by atoms with E-state index in [1.807, 2.05) is 29.6 Å². The molecule has 1 heterocycles. The number of alkyl halides is 1. The summed E-state index contributed by atoms with van der Waals surface area (Å²) in [6.45, 7) is 0.561. The molecule has 0 fully saturated rings. The van der Waals surface area contributed by atoms with Gasteiger partial charge in [-0.15, -0.1) is 11.3 Å². The number of methoxy groups -OCH3 is 1. The van der Waals surface area contributed by atoms with Gasteiger partial charge in [-0.1, -0.05) is 22.0 Å². The summed E-state index contributed by atoms with van der Waals surface area (Å²) in [6.07, 6.45) is 0. The molecule has 0 N–H and O–H groups in total. The summed E-state index contributed by atoms with van der Waals surface area (Å²) in [5.41, 5.74) is 1.11. The third-order valence-corrected chi connectivity index (χ3v) is 4.97. The molecule has 0 amide bonds. The molecule has 18 heavy (non-hydrogen) atoms. The third kappa shape index (κ3) is 3.28. The average molecular weight is 392 g/mol. The highest BCUT2D eigenvalue weighted by atomic mass is 79.9. The fraction of sp³-hybridized carbons (Fsp3) is 0.231. The predicted molar refractivity (Wildman–Crippen MR) is 82.0 cm³/mol. The smallest absolute Gasteiger partial charge is 0.127 e. The summed E-state index contributed by atoms with van der Waals surface area (Å²) < 4.78 is 12.2. The average Bonchev–Trinajstić information content (AvgIpc) is 2.81. The number of ether oxygens (including phenoxy) is 2. The van der Waals surface area contributed by atoms with Gasteiger partial charge in [-0.25, -0.2) is 0 Å². The van der Waals surface area contributed by atoms with E-state index in [-0.39, 0.29) is 0 Å². The molecule has 0 aliphatic carbocycles. The van der Waals surface area contributed by atoms with E-state index in [9.17, 15) is 0 Å². The van der Waals surface area contributed by atoms with Gasteiger partial charge in [0.1, 0.15) is 18.1 Å². The van der Waals surface area contributed by atoms with Crippen molar-refractivity contribution in [2.45, 2.75) is 11.9 Å². The standard InChI is InChI=1S/C13H12Br2O2S/c1-16-10-3-2-9(7-14)12(6-10)17-8-13-11(15)4-5-18-13/h2-6H,7-8H2,1H3. The minimum atomic E-state index is 0.561. The fourth-order valence-electron chi connectivity index (χ4n) is 1.48. The largest absolute Gasteiger partial charge is 0.497 e. The highest BCUT2D eigenvalue weighted by Gasteiger charge is 2.07. The molecule has 1 aromatic carbocycles. The van der Waals surface area contributed by atoms with Gasteiger partial charge in [-0.05, 0) is 33.4 Å². The Balaban J connectivity index is 2.14. The predicted octanol–water partition coefficient (Wildman–Crippen LogP) is 4.99. The number of hydrogen-bond acceptors (Lipinski definition) is 3. The van der Waals surface area contributed by atoms with Crippen molar-refractivity contribution in [2.24, 2.45) is 0 Å². The van der Waals surface area contributed by atoms with E-state index in [0.29, 0.717) is 6.61 Å². The van der Waals surface area contributed by atoms with Crippen LogP contribution in [0.4, 0.5) is 0 Å². The minimum absolute atomic E-state index is 0.561. The first-order valence-corrected chi connectivity index (χ1v) is 8.11. The highest BCUT2D eigenvalue weighted by molar-refractivity contribution is 9.10. The van der Waals surface area contributed by atoms with E-state index in [1.54, 1.807) is 18.4 Å². The van der Waals surface area contributed by atoms with Crippen molar-refractivity contribution in [3.05, 3.63) is 44.6 Å². The molecule has 2 aromatic rings. The number of benzene rings is 1. The normalized spacial score (nSPS) is 10.4. The van der Waals surface area contributed by atoms with E-state index in [4.69, 9.17) is 9.47 Å². The molecule has 1 aromatic heterocycles. The van der Waals surface area contributed by atoms with Crippen LogP contribution in [0.3, 0.4) is 0 Å². The van der Waals surface area contributed by atoms with Gasteiger partial charge in [0, 0.05) is 21.4 Å². The van der Waals surface area contributed by atoms with Gasteiger partial charge >= 0.3 is 0 Å². The first-order chi connectivity index (χ1) is 8.74. The zero-order valence-corrected chi connectivity index (χ0v) is 13.8. The Kier molecular flexibility index (Phi) is 5.09. The summed E-state index contributed by atoms with van der Waals surface area (Å²) in [6, 6.07) is 7.88. The monoisotopic (exact) mass is 390 g/mol. The van der Waals surface area contributed by atoms with Crippen LogP contribution in [0.5, 0.6) is 11.5 Å². The number of thiophene rings is 1. The quantitative estimate of drug-likeness (QED) is 0.668. The molecule has 0 bridgehead atoms. The Morgan fingerprint density at radius 1 is 1.28 bits per heavy atom. The van der Waals surface area contributed by atoms with Crippen molar-refractivity contribution < 1.29 is 9.47 Å². The number of halogens is 2. The second kappa shape index (κ2) is 6.59. The lowest BCUT2D eigenvalue weighted by Gasteiger charge is -2.11. The SMILES string of the molecule is COc1ccc(CBr)c(OCc2sccc2Br)c1. The van der Waals surface area contributed by atoms with Gasteiger partial charge in [0.15, 0.2) is 0 Å². The van der Waals surface area contributed by atoms with Gasteiger partial charge < -0.3 is 9.47 Å². The van der Waals surface area contributed by atoms with Crippen LogP contribution in [-0.2, 0) is 11.9 Å². The summed E-state index contributed by atoms with van der Waals surface area (Å²) in [4.78, 5) is 1.18. The zero-order chi connectivity index (χ0) is 13.0. The molecular weight excluding hydrogens is 380 g/mol. The Labute approximate surface area is 127 Å². The van der Waals surface area contributed by atoms with Crippen molar-refractivity contribution in [2.75, 3.05) is 7.11 Å². The van der Waals surface area contributed by atoms with Crippen molar-refractivity contribution in [3.8, 4) is 11.5 Å². The number of rotatable bonds is 5. The molecule has 0 saturated heterocycles. The van der Waals surface area contributed by atoms with Crippen LogP contribution in [0.25, 0.3) is 0 Å². The first-order valence-electron chi connectivity index (χ1n) is 5.32. The molecule has 0 aliphatic heterocycles. The van der Waals surface area contributed by atoms with Gasteiger partial charge in [0.05, 0.1) is 12.0 Å². The molecule has 0 unspecified atom stereocenters. The van der Waals surface area contributed by atoms with E-state index in [2.05, 4.69) is 31.9 Å². The molecule has 0 aliphatic rings. The summed E-state index contributed by atoms with van der Waals surface area (Å²) in [5.74, 6) is 1.66. The van der Waals surface area contributed by atoms with Gasteiger partial charge in [0.25, 0.3) is 0 Å². The molecule has 0 saturated carbocycles. The second-order valence-corrected chi connectivity index (χ2v) is 6.00. The topological polar surface area (TPSA) is 18.5 Å². The zero-order valence-electron chi connectivity index (χ0n) is 9.78. The minimum Gasteiger partial charge on any atom is -0.497 e. The van der Waals surface area contributed by atoms with Gasteiger partial charge in [-0.2, -0.15) is 0 Å². The molecule has 0 radical (unpaired) electrons. The summed E-state index contributed by atoms with van der Waals surface area (Å²) >= 11 is 8.64. The maximum absolute atomic E-state index is 5.87. The molecular formula is C13H12Br2O2S. The van der Waals surface area contributed by atoms with Crippen LogP contribution in [0.1, 0.15) is 10.4 Å². The van der Waals surface area contributed by atoms with Crippen LogP contribution in [-0.4, -0.2) is 7.11 Å². The van der Waals surface area contributed by atoms with E-state index < -0.39 is 0 Å². The Morgan fingerprint density at radius 3 is 2.72 bits per heavy atom. The lowest BCUT2D eigenvalue weighted by atomic mass is 10.2. The molecule has 0 atom stereocenters. The molecule has 96 valence electrons. The molecule has 2 rings (SSSR count). The van der Waals surface area contributed by atoms with Crippen molar-refractivity contribution in [1.29, 1.82) is 0 Å². The van der Waals surface area contributed by atoms with E-state index >= 15 is 0 Å². The molecule has 2 nitrogen and oxygen atoms in total. The van der Waals surface area contributed by atoms with Crippen molar-refractivity contribution in [3.63, 3.8) is 0 Å². The summed E-state index contributed by atoms with van der Waals surface area (Å²) in [5, 5.41) is 2.80. The first kappa shape index (κ1) is 13.9. The van der Waals surface area contributed by atoms with Crippen molar-refractivity contribution in [1.82, 2.24) is 0 Å². The van der Waals surface area contributed by atoms with Crippen LogP contribution < -0.4 is 9.47 Å².